The molecule has 0 aliphatic heterocycles. The number of nitrogens with zero attached hydrogens (tertiary/aromatic N) is 1. The number of carbonyl (C=O) groups is 2. The number of ether oxygens (including phenoxy) is 1. The van der Waals surface area contributed by atoms with Gasteiger partial charge in [0.25, 0.3) is 5.91 Å². The molecule has 0 radical (unpaired) electrons. The number of halogens is 2. The summed E-state index contributed by atoms with van der Waals surface area (Å²) in [6.07, 6.45) is 0.385. The SMILES string of the molecule is CCNC(=O)[C@H](Cc1ccccc1)N(Cc1ccc(Cl)cc1)C(=O)COc1ccc(C(C)(C)C)cc1Br. The molecule has 0 saturated heterocycles. The van der Waals surface area contributed by atoms with Crippen molar-refractivity contribution in [3.8, 4) is 5.75 Å². The molecular weight excluding hydrogens is 552 g/mol. The summed E-state index contributed by atoms with van der Waals surface area (Å²) in [4.78, 5) is 28.5. The van der Waals surface area contributed by atoms with E-state index in [0.717, 1.165) is 21.2 Å². The minimum Gasteiger partial charge on any atom is -0.483 e. The van der Waals surface area contributed by atoms with Crippen LogP contribution in [0.25, 0.3) is 0 Å². The lowest BCUT2D eigenvalue weighted by atomic mass is 9.87. The van der Waals surface area contributed by atoms with Crippen LogP contribution in [0.4, 0.5) is 0 Å². The third-order valence-electron chi connectivity index (χ3n) is 6.04. The van der Waals surface area contributed by atoms with E-state index in [1.807, 2.05) is 67.6 Å². The molecular formula is C30H34BrClN2O3. The minimum absolute atomic E-state index is 0.0104. The Morgan fingerprint density at radius 2 is 1.68 bits per heavy atom. The highest BCUT2D eigenvalue weighted by Crippen LogP contribution is 2.31. The number of hydrogen-bond acceptors (Lipinski definition) is 3. The molecule has 0 aliphatic rings. The molecule has 0 aliphatic carbocycles. The Hall–Kier alpha value is -2.83. The van der Waals surface area contributed by atoms with E-state index in [2.05, 4.69) is 42.0 Å². The third-order valence-corrected chi connectivity index (χ3v) is 6.91. The lowest BCUT2D eigenvalue weighted by Gasteiger charge is -2.31. The first-order valence-corrected chi connectivity index (χ1v) is 13.5. The van der Waals surface area contributed by atoms with Gasteiger partial charge in [0.05, 0.1) is 4.47 Å². The molecule has 0 heterocycles. The molecule has 3 rings (SSSR count). The Morgan fingerprint density at radius 1 is 1.00 bits per heavy atom. The van der Waals surface area contributed by atoms with Crippen molar-refractivity contribution in [2.75, 3.05) is 13.2 Å². The average Bonchev–Trinajstić information content (AvgIpc) is 2.86. The highest BCUT2D eigenvalue weighted by molar-refractivity contribution is 9.10. The van der Waals surface area contributed by atoms with Crippen LogP contribution in [-0.2, 0) is 28.0 Å². The summed E-state index contributed by atoms with van der Waals surface area (Å²) in [6, 6.07) is 22.2. The maximum absolute atomic E-state index is 13.6. The van der Waals surface area contributed by atoms with Gasteiger partial charge < -0.3 is 15.0 Å². The summed E-state index contributed by atoms with van der Waals surface area (Å²) in [6.45, 7) is 8.80. The molecule has 0 unspecified atom stereocenters. The Bertz CT molecular complexity index is 1190. The number of amides is 2. The van der Waals surface area contributed by atoms with Crippen molar-refractivity contribution in [3.63, 3.8) is 0 Å². The maximum Gasteiger partial charge on any atom is 0.261 e. The number of carbonyl (C=O) groups excluding carboxylic acids is 2. The fraction of sp³-hybridized carbons (Fsp3) is 0.333. The molecule has 2 amide bonds. The van der Waals surface area contributed by atoms with Crippen LogP contribution >= 0.6 is 27.5 Å². The van der Waals surface area contributed by atoms with Crippen LogP contribution in [0, 0.1) is 0 Å². The average molecular weight is 586 g/mol. The van der Waals surface area contributed by atoms with Gasteiger partial charge in [0, 0.05) is 24.5 Å². The maximum atomic E-state index is 13.6. The highest BCUT2D eigenvalue weighted by atomic mass is 79.9. The summed E-state index contributed by atoms with van der Waals surface area (Å²) >= 11 is 9.65. The lowest BCUT2D eigenvalue weighted by molar-refractivity contribution is -0.142. The van der Waals surface area contributed by atoms with Crippen molar-refractivity contribution < 1.29 is 14.3 Å². The van der Waals surface area contributed by atoms with Gasteiger partial charge in [-0.05, 0) is 69.2 Å². The summed E-state index contributed by atoms with van der Waals surface area (Å²) < 4.78 is 6.73. The van der Waals surface area contributed by atoms with Gasteiger partial charge in [0.2, 0.25) is 5.91 Å². The number of benzene rings is 3. The first-order chi connectivity index (χ1) is 17.6. The second kappa shape index (κ2) is 13.1. The van der Waals surface area contributed by atoms with Gasteiger partial charge in [-0.3, -0.25) is 9.59 Å². The molecule has 0 spiro atoms. The second-order valence-electron chi connectivity index (χ2n) is 9.93. The van der Waals surface area contributed by atoms with Crippen LogP contribution < -0.4 is 10.1 Å². The van der Waals surface area contributed by atoms with Crippen LogP contribution in [0.15, 0.2) is 77.3 Å². The zero-order chi connectivity index (χ0) is 27.0. The fourth-order valence-corrected chi connectivity index (χ4v) is 4.56. The van der Waals surface area contributed by atoms with Gasteiger partial charge >= 0.3 is 0 Å². The smallest absolute Gasteiger partial charge is 0.261 e. The van der Waals surface area contributed by atoms with Gasteiger partial charge in [0.1, 0.15) is 11.8 Å². The van der Waals surface area contributed by atoms with Crippen LogP contribution in [-0.4, -0.2) is 35.9 Å². The van der Waals surface area contributed by atoms with E-state index in [-0.39, 0.29) is 30.4 Å². The van der Waals surface area contributed by atoms with Gasteiger partial charge in [-0.2, -0.15) is 0 Å². The Labute approximate surface area is 233 Å². The predicted octanol–water partition coefficient (Wildman–Crippen LogP) is 6.56. The van der Waals surface area contributed by atoms with E-state index in [0.29, 0.717) is 23.7 Å². The molecule has 1 atom stereocenters. The van der Waals surface area contributed by atoms with E-state index in [4.69, 9.17) is 16.3 Å². The Balaban J connectivity index is 1.88. The van der Waals surface area contributed by atoms with Crippen LogP contribution in [0.5, 0.6) is 5.75 Å². The Kier molecular flexibility index (Phi) is 10.2. The monoisotopic (exact) mass is 584 g/mol. The summed E-state index contributed by atoms with van der Waals surface area (Å²) in [5, 5.41) is 3.51. The molecule has 5 nitrogen and oxygen atoms in total. The first kappa shape index (κ1) is 28.7. The van der Waals surface area contributed by atoms with E-state index in [1.165, 1.54) is 0 Å². The Morgan fingerprint density at radius 3 is 2.27 bits per heavy atom. The summed E-state index contributed by atoms with van der Waals surface area (Å²) in [5.41, 5.74) is 2.98. The molecule has 196 valence electrons. The summed E-state index contributed by atoms with van der Waals surface area (Å²) in [7, 11) is 0. The van der Waals surface area contributed by atoms with Crippen LogP contribution in [0.2, 0.25) is 5.02 Å². The molecule has 3 aromatic carbocycles. The van der Waals surface area contributed by atoms with Crippen molar-refractivity contribution >= 4 is 39.3 Å². The van der Waals surface area contributed by atoms with Crippen molar-refractivity contribution in [1.29, 1.82) is 0 Å². The highest BCUT2D eigenvalue weighted by Gasteiger charge is 2.30. The standard InChI is InChI=1S/C30H34BrClN2O3/c1-5-33-29(36)26(17-21-9-7-6-8-10-21)34(19-22-11-14-24(32)15-12-22)28(35)20-37-27-16-13-23(18-25(27)31)30(2,3)4/h6-16,18,26H,5,17,19-20H2,1-4H3,(H,33,36)/t26-/m0/s1. The molecule has 0 aromatic heterocycles. The van der Waals surface area contributed by atoms with Crippen molar-refractivity contribution in [2.45, 2.75) is 52.1 Å². The quantitative estimate of drug-likeness (QED) is 0.293. The normalized spacial score (nSPS) is 12.1. The molecule has 37 heavy (non-hydrogen) atoms. The van der Waals surface area contributed by atoms with E-state index in [9.17, 15) is 9.59 Å². The lowest BCUT2D eigenvalue weighted by Crippen LogP contribution is -2.51. The van der Waals surface area contributed by atoms with Gasteiger partial charge in [0.15, 0.2) is 6.61 Å². The molecule has 1 N–H and O–H groups in total. The number of rotatable bonds is 10. The topological polar surface area (TPSA) is 58.6 Å². The van der Waals surface area contributed by atoms with Crippen LogP contribution in [0.3, 0.4) is 0 Å². The van der Waals surface area contributed by atoms with Gasteiger partial charge in [-0.25, -0.2) is 0 Å². The predicted molar refractivity (Wildman–Crippen MR) is 153 cm³/mol. The van der Waals surface area contributed by atoms with E-state index in [1.54, 1.807) is 17.0 Å². The zero-order valence-corrected chi connectivity index (χ0v) is 24.1. The second-order valence-corrected chi connectivity index (χ2v) is 11.2. The van der Waals surface area contributed by atoms with Crippen LogP contribution in [0.1, 0.15) is 44.4 Å². The number of nitrogens with one attached hydrogen (secondary N) is 1. The molecule has 3 aromatic rings. The van der Waals surface area contributed by atoms with Gasteiger partial charge in [-0.15, -0.1) is 0 Å². The number of likely N-dealkylation sites (N-methyl/N-ethyl adjacent to an activating group) is 1. The number of hydrogen-bond donors (Lipinski definition) is 1. The fourth-order valence-electron chi connectivity index (χ4n) is 3.94. The molecule has 7 heteroatoms. The minimum atomic E-state index is -0.708. The largest absolute Gasteiger partial charge is 0.483 e. The molecule has 0 fully saturated rings. The third kappa shape index (κ3) is 8.34. The van der Waals surface area contributed by atoms with Crippen molar-refractivity contribution in [2.24, 2.45) is 0 Å². The first-order valence-electron chi connectivity index (χ1n) is 12.4. The van der Waals surface area contributed by atoms with Crippen molar-refractivity contribution in [3.05, 3.63) is 99.0 Å². The van der Waals surface area contributed by atoms with E-state index < -0.39 is 6.04 Å². The zero-order valence-electron chi connectivity index (χ0n) is 21.8. The molecule has 0 saturated carbocycles. The summed E-state index contributed by atoms with van der Waals surface area (Å²) in [5.74, 6) is 0.0868. The molecule has 0 bridgehead atoms. The van der Waals surface area contributed by atoms with Crippen molar-refractivity contribution in [1.82, 2.24) is 10.2 Å². The van der Waals surface area contributed by atoms with Gasteiger partial charge in [-0.1, -0.05) is 80.9 Å². The van der Waals surface area contributed by atoms with E-state index >= 15 is 0 Å².